The smallest absolute Gasteiger partial charge is 0.180 e. The van der Waals surface area contributed by atoms with Crippen LogP contribution in [0.2, 0.25) is 10.0 Å². The molecule has 0 saturated heterocycles. The van der Waals surface area contributed by atoms with Crippen LogP contribution in [-0.4, -0.2) is 27.2 Å². The van der Waals surface area contributed by atoms with Crippen LogP contribution in [-0.2, 0) is 13.2 Å². The molecule has 7 nitrogen and oxygen atoms in total. The van der Waals surface area contributed by atoms with Crippen molar-refractivity contribution < 1.29 is 9.47 Å². The highest BCUT2D eigenvalue weighted by molar-refractivity contribution is 6.32. The Hall–Kier alpha value is -2.51. The summed E-state index contributed by atoms with van der Waals surface area (Å²) >= 11 is 12.3. The summed E-state index contributed by atoms with van der Waals surface area (Å²) in [6, 6.07) is 11.0. The maximum Gasteiger partial charge on any atom is 0.180 e. The van der Waals surface area contributed by atoms with Gasteiger partial charge < -0.3 is 14.8 Å². The van der Waals surface area contributed by atoms with Gasteiger partial charge in [-0.25, -0.2) is 0 Å². The van der Waals surface area contributed by atoms with Gasteiger partial charge in [0.05, 0.1) is 17.6 Å². The summed E-state index contributed by atoms with van der Waals surface area (Å²) in [4.78, 5) is 0. The topological polar surface area (TPSA) is 87.0 Å². The normalized spacial score (nSPS) is 10.6. The summed E-state index contributed by atoms with van der Waals surface area (Å²) in [6.45, 7) is 3.08. The van der Waals surface area contributed by atoms with Crippen LogP contribution in [0.1, 0.15) is 18.1 Å². The third kappa shape index (κ3) is 4.77. The van der Waals surface area contributed by atoms with E-state index in [1.807, 2.05) is 37.3 Å². The predicted molar refractivity (Wildman–Crippen MR) is 99.3 cm³/mol. The van der Waals surface area contributed by atoms with Crippen LogP contribution in [0.4, 0.5) is 5.95 Å². The zero-order valence-corrected chi connectivity index (χ0v) is 15.5. The highest BCUT2D eigenvalue weighted by Gasteiger charge is 2.13. The Morgan fingerprint density at radius 1 is 1.08 bits per heavy atom. The minimum atomic E-state index is 0.280. The van der Waals surface area contributed by atoms with Gasteiger partial charge in [0, 0.05) is 11.6 Å². The lowest BCUT2D eigenvalue weighted by Crippen LogP contribution is -2.01. The van der Waals surface area contributed by atoms with Crippen LogP contribution in [0.15, 0.2) is 36.4 Å². The van der Waals surface area contributed by atoms with E-state index in [1.165, 1.54) is 0 Å². The van der Waals surface area contributed by atoms with Crippen LogP contribution in [0, 0.1) is 0 Å². The number of hydrogen-bond acceptors (Lipinski definition) is 5. The number of nitrogens with zero attached hydrogens (tertiary/aromatic N) is 4. The molecule has 0 radical (unpaired) electrons. The van der Waals surface area contributed by atoms with Gasteiger partial charge in [0.1, 0.15) is 6.61 Å². The van der Waals surface area contributed by atoms with Gasteiger partial charge in [-0.1, -0.05) is 35.3 Å². The lowest BCUT2D eigenvalue weighted by Gasteiger charge is -2.16. The molecule has 9 heteroatoms. The molecular formula is C17H16Cl2N5O2-. The first-order chi connectivity index (χ1) is 12.7. The largest absolute Gasteiger partial charge is 0.490 e. The number of rotatable bonds is 8. The molecule has 0 atom stereocenters. The molecule has 2 aromatic carbocycles. The highest BCUT2D eigenvalue weighted by atomic mass is 35.5. The first-order valence-corrected chi connectivity index (χ1v) is 8.64. The number of aromatic nitrogens is 4. The number of tetrazole rings is 1. The third-order valence-corrected chi connectivity index (χ3v) is 3.94. The van der Waals surface area contributed by atoms with Crippen molar-refractivity contribution in [1.29, 1.82) is 0 Å². The number of halogens is 2. The number of nitrogens with one attached hydrogen (secondary N) is 1. The van der Waals surface area contributed by atoms with E-state index in [0.717, 1.165) is 11.1 Å². The average Bonchev–Trinajstić information content (AvgIpc) is 3.14. The third-order valence-electron chi connectivity index (χ3n) is 3.40. The van der Waals surface area contributed by atoms with E-state index in [1.54, 1.807) is 6.07 Å². The van der Waals surface area contributed by atoms with Gasteiger partial charge in [0.2, 0.25) is 0 Å². The summed E-state index contributed by atoms with van der Waals surface area (Å²) < 4.78 is 11.6. The molecule has 0 spiro atoms. The van der Waals surface area contributed by atoms with Crippen molar-refractivity contribution in [1.82, 2.24) is 20.6 Å². The molecule has 0 amide bonds. The fraction of sp³-hybridized carbons (Fsp3) is 0.235. The second-order valence-electron chi connectivity index (χ2n) is 5.28. The van der Waals surface area contributed by atoms with Crippen LogP contribution < -0.4 is 9.47 Å². The number of hydrogen-bond donors (Lipinski definition) is 1. The molecule has 0 aliphatic heterocycles. The average molecular weight is 393 g/mol. The zero-order valence-electron chi connectivity index (χ0n) is 13.9. The Kier molecular flexibility index (Phi) is 6.14. The fourth-order valence-corrected chi connectivity index (χ4v) is 2.65. The molecule has 1 heterocycles. The first kappa shape index (κ1) is 18.3. The zero-order chi connectivity index (χ0) is 18.4. The molecule has 26 heavy (non-hydrogen) atoms. The summed E-state index contributed by atoms with van der Waals surface area (Å²) in [7, 11) is 0. The van der Waals surface area contributed by atoms with Gasteiger partial charge in [-0.05, 0) is 42.3 Å². The van der Waals surface area contributed by atoms with Gasteiger partial charge in [0.15, 0.2) is 11.5 Å². The van der Waals surface area contributed by atoms with Gasteiger partial charge in [0.25, 0.3) is 0 Å². The maximum absolute atomic E-state index is 6.40. The number of ether oxygens (including phenoxy) is 2. The monoisotopic (exact) mass is 392 g/mol. The van der Waals surface area contributed by atoms with Crippen molar-refractivity contribution in [3.63, 3.8) is 0 Å². The predicted octanol–water partition coefficient (Wildman–Crippen LogP) is 4.69. The molecule has 0 fully saturated rings. The standard InChI is InChI=1S/C17H16Cl2N5O2/c1-2-25-15-8-12(9-20-17-21-23-24-22-17)7-14(19)16(15)26-10-11-3-5-13(18)6-4-11/h3-8H,2,9-10H2,1H3,(H-,20,21,22,23,24)/q-1. The Morgan fingerprint density at radius 3 is 2.58 bits per heavy atom. The van der Waals surface area contributed by atoms with Gasteiger partial charge >= 0.3 is 0 Å². The second kappa shape index (κ2) is 8.73. The molecule has 0 aliphatic rings. The first-order valence-electron chi connectivity index (χ1n) is 7.89. The van der Waals surface area contributed by atoms with Crippen LogP contribution in [0.5, 0.6) is 11.5 Å². The quantitative estimate of drug-likeness (QED) is 0.600. The molecule has 0 bridgehead atoms. The van der Waals surface area contributed by atoms with E-state index in [-0.39, 0.29) is 5.95 Å². The SMILES string of the molecule is CCOc1cc(C[N-]c2nn[nH]n2)cc(Cl)c1OCc1ccc(Cl)cc1. The van der Waals surface area contributed by atoms with E-state index >= 15 is 0 Å². The molecule has 3 rings (SSSR count). The van der Waals surface area contributed by atoms with E-state index in [4.69, 9.17) is 32.7 Å². The molecule has 0 aliphatic carbocycles. The van der Waals surface area contributed by atoms with Crippen molar-refractivity contribution in [2.45, 2.75) is 20.1 Å². The Morgan fingerprint density at radius 2 is 1.88 bits per heavy atom. The summed E-state index contributed by atoms with van der Waals surface area (Å²) in [5.41, 5.74) is 1.83. The maximum atomic E-state index is 6.40. The van der Waals surface area contributed by atoms with Crippen molar-refractivity contribution in [3.8, 4) is 11.5 Å². The van der Waals surface area contributed by atoms with Gasteiger partial charge in [-0.15, -0.1) is 5.21 Å². The molecule has 0 saturated carbocycles. The van der Waals surface area contributed by atoms with Gasteiger partial charge in [-0.2, -0.15) is 0 Å². The van der Waals surface area contributed by atoms with Gasteiger partial charge in [-0.3, -0.25) is 15.4 Å². The molecule has 1 aromatic heterocycles. The van der Waals surface area contributed by atoms with Crippen molar-refractivity contribution in [2.75, 3.05) is 6.61 Å². The Labute approximate surface area is 160 Å². The van der Waals surface area contributed by atoms with Crippen molar-refractivity contribution in [2.24, 2.45) is 0 Å². The molecule has 3 aromatic rings. The fourth-order valence-electron chi connectivity index (χ4n) is 2.24. The molecule has 136 valence electrons. The number of aromatic amines is 1. The van der Waals surface area contributed by atoms with E-state index in [0.29, 0.717) is 41.3 Å². The Bertz CT molecular complexity index is 841. The minimum Gasteiger partial charge on any atom is -0.490 e. The van der Waals surface area contributed by atoms with Crippen molar-refractivity contribution >= 4 is 29.2 Å². The lowest BCUT2D eigenvalue weighted by atomic mass is 10.2. The second-order valence-corrected chi connectivity index (χ2v) is 6.12. The number of H-pyrrole nitrogens is 1. The van der Waals surface area contributed by atoms with Crippen LogP contribution in [0.25, 0.3) is 5.32 Å². The Balaban J connectivity index is 1.74. The van der Waals surface area contributed by atoms with Crippen molar-refractivity contribution in [3.05, 3.63) is 62.9 Å². The highest BCUT2D eigenvalue weighted by Crippen LogP contribution is 2.38. The van der Waals surface area contributed by atoms with E-state index in [9.17, 15) is 0 Å². The summed E-state index contributed by atoms with van der Waals surface area (Å²) in [5.74, 6) is 1.33. The van der Waals surface area contributed by atoms with E-state index in [2.05, 4.69) is 25.9 Å². The molecule has 1 N–H and O–H groups in total. The summed E-state index contributed by atoms with van der Waals surface area (Å²) in [6.07, 6.45) is 0. The molecule has 0 unspecified atom stereocenters. The van der Waals surface area contributed by atoms with E-state index < -0.39 is 0 Å². The lowest BCUT2D eigenvalue weighted by molar-refractivity contribution is 0.269. The van der Waals surface area contributed by atoms with Crippen LogP contribution >= 0.6 is 23.2 Å². The summed E-state index contributed by atoms with van der Waals surface area (Å²) in [5, 5.41) is 18.7. The minimum absolute atomic E-state index is 0.280. The van der Waals surface area contributed by atoms with Crippen LogP contribution in [0.3, 0.4) is 0 Å². The molecular weight excluding hydrogens is 377 g/mol. The number of benzene rings is 2.